The molecule has 1 aliphatic rings. The van der Waals surface area contributed by atoms with E-state index >= 15 is 0 Å². The van der Waals surface area contributed by atoms with E-state index in [-0.39, 0.29) is 17.4 Å². The second kappa shape index (κ2) is 9.26. The van der Waals surface area contributed by atoms with Crippen LogP contribution in [0, 0.1) is 13.8 Å². The normalized spacial score (nSPS) is 17.5. The first-order chi connectivity index (χ1) is 17.5. The Labute approximate surface area is 213 Å². The average Bonchev–Trinajstić information content (AvgIpc) is 2.86. The van der Waals surface area contributed by atoms with Gasteiger partial charge in [-0.05, 0) is 63.6 Å². The van der Waals surface area contributed by atoms with Gasteiger partial charge in [0.25, 0.3) is 12.0 Å². The third-order valence-electron chi connectivity index (χ3n) is 6.59. The fraction of sp³-hybridized carbons (Fsp3) is 0.370. The Morgan fingerprint density at radius 2 is 1.89 bits per heavy atom. The molecule has 0 N–H and O–H groups in total. The molecule has 0 saturated carbocycles. The van der Waals surface area contributed by atoms with Crippen molar-refractivity contribution in [1.82, 2.24) is 24.5 Å². The number of hydrogen-bond acceptors (Lipinski definition) is 7. The molecule has 4 aromatic rings. The lowest BCUT2D eigenvalue weighted by Crippen LogP contribution is -2.50. The van der Waals surface area contributed by atoms with Crippen molar-refractivity contribution in [3.8, 4) is 11.3 Å². The number of aromatic nitrogens is 5. The zero-order valence-electron chi connectivity index (χ0n) is 21.4. The Hall–Kier alpha value is -3.79. The first-order valence-corrected chi connectivity index (χ1v) is 12.0. The van der Waals surface area contributed by atoms with Crippen molar-refractivity contribution in [2.45, 2.75) is 45.8 Å². The van der Waals surface area contributed by atoms with Crippen molar-refractivity contribution >= 4 is 16.7 Å². The van der Waals surface area contributed by atoms with Crippen molar-refractivity contribution in [2.75, 3.05) is 18.0 Å². The molecule has 5 rings (SSSR count). The number of pyridine rings is 3. The number of hydrogen-bond donors (Lipinski definition) is 0. The zero-order chi connectivity index (χ0) is 26.5. The van der Waals surface area contributed by atoms with Crippen molar-refractivity contribution in [1.29, 1.82) is 0 Å². The summed E-state index contributed by atoms with van der Waals surface area (Å²) in [5.41, 5.74) is 2.19. The summed E-state index contributed by atoms with van der Waals surface area (Å²) < 4.78 is 34.2. The minimum Gasteiger partial charge on any atom is -0.364 e. The van der Waals surface area contributed by atoms with Crippen LogP contribution in [-0.4, -0.2) is 43.2 Å². The van der Waals surface area contributed by atoms with Gasteiger partial charge >= 0.3 is 0 Å². The third-order valence-corrected chi connectivity index (χ3v) is 6.59. The molecular weight excluding hydrogens is 478 g/mol. The molecule has 1 atom stereocenters. The Balaban J connectivity index is 1.67. The van der Waals surface area contributed by atoms with Gasteiger partial charge in [-0.2, -0.15) is 0 Å². The second-order valence-electron chi connectivity index (χ2n) is 10.00. The molecule has 5 heterocycles. The van der Waals surface area contributed by atoms with Crippen LogP contribution in [0.1, 0.15) is 49.2 Å². The highest BCUT2D eigenvalue weighted by Gasteiger charge is 2.35. The maximum Gasteiger partial charge on any atom is 0.280 e. The van der Waals surface area contributed by atoms with Crippen LogP contribution in [-0.2, 0) is 11.8 Å². The van der Waals surface area contributed by atoms with Gasteiger partial charge in [0.05, 0.1) is 11.0 Å². The highest BCUT2D eigenvalue weighted by Crippen LogP contribution is 2.35. The van der Waals surface area contributed by atoms with E-state index in [0.29, 0.717) is 46.9 Å². The smallest absolute Gasteiger partial charge is 0.280 e. The summed E-state index contributed by atoms with van der Waals surface area (Å²) in [5.74, 6) is 1.10. The summed E-state index contributed by atoms with van der Waals surface area (Å²) in [7, 11) is 1.67. The van der Waals surface area contributed by atoms with Gasteiger partial charge in [0, 0.05) is 43.8 Å². The van der Waals surface area contributed by atoms with Crippen LogP contribution < -0.4 is 10.5 Å². The van der Waals surface area contributed by atoms with Crippen molar-refractivity contribution < 1.29 is 13.5 Å². The standard InChI is InChI=1S/C27H28F2N6O2/c1-15-10-17(8-9-30-15)21-13-35(14-27(3,4)37-21)22-11-19-24(32-16(2)34(5)26(19)36)23(33-22)18-6-7-20(25(28)29)31-12-18/h6-12,21,25H,13-14H2,1-5H3/t21-/m0/s1. The maximum atomic E-state index is 13.3. The van der Waals surface area contributed by atoms with E-state index in [1.165, 1.54) is 16.8 Å². The molecule has 8 nitrogen and oxygen atoms in total. The van der Waals surface area contributed by atoms with Crippen molar-refractivity contribution in [2.24, 2.45) is 7.05 Å². The van der Waals surface area contributed by atoms with Crippen LogP contribution >= 0.6 is 0 Å². The van der Waals surface area contributed by atoms with Gasteiger partial charge in [-0.25, -0.2) is 18.7 Å². The Morgan fingerprint density at radius 1 is 1.11 bits per heavy atom. The van der Waals surface area contributed by atoms with E-state index in [9.17, 15) is 13.6 Å². The largest absolute Gasteiger partial charge is 0.364 e. The molecule has 1 fully saturated rings. The monoisotopic (exact) mass is 506 g/mol. The molecule has 1 saturated heterocycles. The van der Waals surface area contributed by atoms with Crippen molar-refractivity contribution in [3.05, 3.63) is 75.9 Å². The quantitative estimate of drug-likeness (QED) is 0.397. The lowest BCUT2D eigenvalue weighted by atomic mass is 10.0. The Bertz CT molecular complexity index is 1530. The van der Waals surface area contributed by atoms with Crippen LogP contribution in [0.4, 0.5) is 14.6 Å². The molecule has 10 heteroatoms. The first-order valence-electron chi connectivity index (χ1n) is 12.0. The molecule has 37 heavy (non-hydrogen) atoms. The number of alkyl halides is 2. The Kier molecular flexibility index (Phi) is 6.23. The summed E-state index contributed by atoms with van der Waals surface area (Å²) in [6.45, 7) is 8.74. The topological polar surface area (TPSA) is 86.0 Å². The summed E-state index contributed by atoms with van der Waals surface area (Å²) >= 11 is 0. The number of rotatable bonds is 4. The molecule has 4 aromatic heterocycles. The van der Waals surface area contributed by atoms with E-state index < -0.39 is 12.0 Å². The van der Waals surface area contributed by atoms with Crippen LogP contribution in [0.15, 0.2) is 47.5 Å². The number of aryl methyl sites for hydroxylation is 2. The highest BCUT2D eigenvalue weighted by molar-refractivity contribution is 5.92. The van der Waals surface area contributed by atoms with Gasteiger partial charge in [0.1, 0.15) is 34.7 Å². The number of nitrogens with zero attached hydrogens (tertiary/aromatic N) is 6. The zero-order valence-corrected chi connectivity index (χ0v) is 21.4. The lowest BCUT2D eigenvalue weighted by molar-refractivity contribution is -0.0857. The van der Waals surface area contributed by atoms with E-state index in [1.807, 2.05) is 32.9 Å². The van der Waals surface area contributed by atoms with Gasteiger partial charge in [-0.15, -0.1) is 0 Å². The predicted molar refractivity (Wildman–Crippen MR) is 137 cm³/mol. The van der Waals surface area contributed by atoms with Crippen LogP contribution in [0.5, 0.6) is 0 Å². The van der Waals surface area contributed by atoms with Gasteiger partial charge in [0.2, 0.25) is 0 Å². The van der Waals surface area contributed by atoms with Crippen molar-refractivity contribution in [3.63, 3.8) is 0 Å². The summed E-state index contributed by atoms with van der Waals surface area (Å²) in [4.78, 5) is 33.1. The summed E-state index contributed by atoms with van der Waals surface area (Å²) in [5, 5.41) is 0.395. The minimum absolute atomic E-state index is 0.210. The first kappa shape index (κ1) is 24.9. The maximum absolute atomic E-state index is 13.3. The van der Waals surface area contributed by atoms with E-state index in [0.717, 1.165) is 11.3 Å². The minimum atomic E-state index is -2.68. The SMILES string of the molecule is Cc1cc([C@@H]2CN(c3cc4c(=O)n(C)c(C)nc4c(-c4ccc(C(F)F)nc4)n3)CC(C)(C)O2)ccn1. The number of ether oxygens (including phenoxy) is 1. The molecule has 0 aliphatic carbocycles. The molecule has 1 aliphatic heterocycles. The Morgan fingerprint density at radius 3 is 2.57 bits per heavy atom. The van der Waals surface area contributed by atoms with Gasteiger partial charge in [-0.3, -0.25) is 19.3 Å². The molecule has 0 bridgehead atoms. The molecule has 0 aromatic carbocycles. The lowest BCUT2D eigenvalue weighted by Gasteiger charge is -2.43. The van der Waals surface area contributed by atoms with Gasteiger partial charge in [-0.1, -0.05) is 0 Å². The van der Waals surface area contributed by atoms with E-state index in [1.54, 1.807) is 32.3 Å². The summed E-state index contributed by atoms with van der Waals surface area (Å²) in [6.07, 6.45) is 0.201. The average molecular weight is 507 g/mol. The number of morpholine rings is 1. The fourth-order valence-electron chi connectivity index (χ4n) is 4.70. The van der Waals surface area contributed by atoms with Gasteiger partial charge < -0.3 is 9.64 Å². The predicted octanol–water partition coefficient (Wildman–Crippen LogP) is 4.70. The van der Waals surface area contributed by atoms with Crippen LogP contribution in [0.3, 0.4) is 0 Å². The molecule has 0 radical (unpaired) electrons. The third kappa shape index (κ3) is 4.81. The molecule has 0 amide bonds. The number of halogens is 2. The van der Waals surface area contributed by atoms with Crippen LogP contribution in [0.2, 0.25) is 0 Å². The van der Waals surface area contributed by atoms with E-state index in [4.69, 9.17) is 9.72 Å². The molecular formula is C27H28F2N6O2. The molecule has 192 valence electrons. The molecule has 0 spiro atoms. The number of anilines is 1. The van der Waals surface area contributed by atoms with Crippen LogP contribution in [0.25, 0.3) is 22.2 Å². The molecule has 0 unspecified atom stereocenters. The van der Waals surface area contributed by atoms with Gasteiger partial charge in [0.15, 0.2) is 0 Å². The second-order valence-corrected chi connectivity index (χ2v) is 10.00. The van der Waals surface area contributed by atoms with E-state index in [2.05, 4.69) is 19.9 Å². The summed E-state index contributed by atoms with van der Waals surface area (Å²) in [6, 6.07) is 8.51. The number of fused-ring (bicyclic) bond motifs is 1. The fourth-order valence-corrected chi connectivity index (χ4v) is 4.70. The highest BCUT2D eigenvalue weighted by atomic mass is 19.3.